The second-order valence-corrected chi connectivity index (χ2v) is 8.82. The van der Waals surface area contributed by atoms with E-state index in [2.05, 4.69) is 0 Å². The molecule has 0 aromatic heterocycles. The van der Waals surface area contributed by atoms with E-state index in [1.807, 2.05) is 13.8 Å². The monoisotopic (exact) mass is 372 g/mol. The van der Waals surface area contributed by atoms with Gasteiger partial charge in [0.2, 0.25) is 0 Å². The number of hydrogen-bond donors (Lipinski definition) is 2. The Morgan fingerprint density at radius 2 is 1.58 bits per heavy atom. The molecule has 0 aliphatic heterocycles. The maximum atomic E-state index is 11.7. The lowest BCUT2D eigenvalue weighted by Crippen LogP contribution is -2.08. The van der Waals surface area contributed by atoms with E-state index in [-0.39, 0.29) is 15.7 Å². The van der Waals surface area contributed by atoms with Gasteiger partial charge in [0.15, 0.2) is 0 Å². The van der Waals surface area contributed by atoms with E-state index in [0.29, 0.717) is 16.5 Å². The van der Waals surface area contributed by atoms with Crippen molar-refractivity contribution in [2.75, 3.05) is 0 Å². The Balaban J connectivity index is 3.09. The fourth-order valence-corrected chi connectivity index (χ4v) is 4.44. The van der Waals surface area contributed by atoms with Crippen molar-refractivity contribution in [2.24, 2.45) is 0 Å². The lowest BCUT2D eigenvalue weighted by atomic mass is 9.87. The van der Waals surface area contributed by atoms with Crippen LogP contribution in [0, 0.1) is 13.8 Å². The molecule has 2 rings (SSSR count). The zero-order valence-electron chi connectivity index (χ0n) is 13.9. The fourth-order valence-electron chi connectivity index (χ4n) is 3.07. The third-order valence-electron chi connectivity index (χ3n) is 4.35. The quantitative estimate of drug-likeness (QED) is 0.796. The molecule has 0 aliphatic rings. The predicted molar refractivity (Wildman–Crippen MR) is 91.8 cm³/mol. The van der Waals surface area contributed by atoms with Gasteiger partial charge in [-0.25, -0.2) is 0 Å². The lowest BCUT2D eigenvalue weighted by Gasteiger charge is -2.20. The zero-order chi connectivity index (χ0) is 18.4. The van der Waals surface area contributed by atoms with Gasteiger partial charge in [0.25, 0.3) is 20.2 Å². The minimum atomic E-state index is -4.46. The normalized spacial score (nSPS) is 14.1. The van der Waals surface area contributed by atoms with E-state index in [4.69, 9.17) is 0 Å². The second-order valence-electron chi connectivity index (χ2n) is 6.01. The number of rotatable bonds is 4. The van der Waals surface area contributed by atoms with Gasteiger partial charge in [-0.15, -0.1) is 0 Å². The van der Waals surface area contributed by atoms with Crippen LogP contribution in [0.1, 0.15) is 42.9 Å². The molecule has 132 valence electrons. The van der Waals surface area contributed by atoms with Crippen LogP contribution < -0.4 is 0 Å². The molecule has 2 N–H and O–H groups in total. The SMILES string of the molecule is CCC(C)c1c(C)c(S(=O)(=O)O)cc2cc(S(=O)(=O)O)cc(C)c12. The van der Waals surface area contributed by atoms with E-state index in [9.17, 15) is 25.9 Å². The van der Waals surface area contributed by atoms with Crippen LogP contribution in [0.4, 0.5) is 0 Å². The summed E-state index contributed by atoms with van der Waals surface area (Å²) in [5, 5.41) is 1.08. The summed E-state index contributed by atoms with van der Waals surface area (Å²) in [6, 6.07) is 3.82. The average Bonchev–Trinajstić information content (AvgIpc) is 2.44. The molecule has 1 atom stereocenters. The predicted octanol–water partition coefficient (Wildman–Crippen LogP) is 3.46. The Hall–Kier alpha value is -1.48. The summed E-state index contributed by atoms with van der Waals surface area (Å²) in [6.07, 6.45) is 0.740. The average molecular weight is 372 g/mol. The largest absolute Gasteiger partial charge is 0.294 e. The van der Waals surface area contributed by atoms with E-state index in [1.54, 1.807) is 13.8 Å². The first-order valence-electron chi connectivity index (χ1n) is 7.40. The molecule has 2 aromatic carbocycles. The summed E-state index contributed by atoms with van der Waals surface area (Å²) in [4.78, 5) is -0.565. The molecule has 0 radical (unpaired) electrons. The van der Waals surface area contributed by atoms with E-state index in [0.717, 1.165) is 17.4 Å². The Labute approximate surface area is 142 Å². The highest BCUT2D eigenvalue weighted by Gasteiger charge is 2.23. The zero-order valence-corrected chi connectivity index (χ0v) is 15.5. The molecule has 0 amide bonds. The summed E-state index contributed by atoms with van der Waals surface area (Å²) in [5.74, 6) is 0.00415. The molecular weight excluding hydrogens is 352 g/mol. The second kappa shape index (κ2) is 6.11. The fraction of sp³-hybridized carbons (Fsp3) is 0.375. The molecule has 0 spiro atoms. The number of hydrogen-bond acceptors (Lipinski definition) is 4. The molecule has 0 fully saturated rings. The first-order chi connectivity index (χ1) is 10.9. The van der Waals surface area contributed by atoms with Crippen molar-refractivity contribution in [3.05, 3.63) is 34.9 Å². The lowest BCUT2D eigenvalue weighted by molar-refractivity contribution is 0.481. The highest BCUT2D eigenvalue weighted by Crippen LogP contribution is 2.37. The molecule has 0 aliphatic carbocycles. The van der Waals surface area contributed by atoms with E-state index >= 15 is 0 Å². The van der Waals surface area contributed by atoms with Crippen LogP contribution in [0.25, 0.3) is 10.8 Å². The smallest absolute Gasteiger partial charge is 0.282 e. The van der Waals surface area contributed by atoms with Crippen molar-refractivity contribution < 1.29 is 25.9 Å². The summed E-state index contributed by atoms with van der Waals surface area (Å²) in [6.45, 7) is 7.22. The third-order valence-corrected chi connectivity index (χ3v) is 6.16. The van der Waals surface area contributed by atoms with Crippen LogP contribution in [-0.4, -0.2) is 25.9 Å². The minimum absolute atomic E-state index is 0.00415. The van der Waals surface area contributed by atoms with Crippen LogP contribution in [0.2, 0.25) is 0 Å². The number of fused-ring (bicyclic) bond motifs is 1. The standard InChI is InChI=1S/C16H20O6S2/c1-5-9(2)15-11(4)14(24(20,21)22)8-12-7-13(23(17,18)19)6-10(3)16(12)15/h6-9H,5H2,1-4H3,(H,17,18,19)(H,20,21,22). The molecule has 0 heterocycles. The van der Waals surface area contributed by atoms with E-state index < -0.39 is 20.2 Å². The molecule has 0 saturated heterocycles. The van der Waals surface area contributed by atoms with Crippen molar-refractivity contribution in [1.82, 2.24) is 0 Å². The summed E-state index contributed by atoms with van der Waals surface area (Å²) >= 11 is 0. The molecule has 8 heteroatoms. The van der Waals surface area contributed by atoms with Crippen molar-refractivity contribution in [2.45, 2.75) is 49.8 Å². The highest BCUT2D eigenvalue weighted by atomic mass is 32.2. The first-order valence-corrected chi connectivity index (χ1v) is 10.3. The molecule has 2 aromatic rings. The van der Waals surface area contributed by atoms with Gasteiger partial charge in [-0.05, 0) is 71.8 Å². The van der Waals surface area contributed by atoms with Gasteiger partial charge in [-0.3, -0.25) is 9.11 Å². The Morgan fingerprint density at radius 3 is 2.04 bits per heavy atom. The van der Waals surface area contributed by atoms with Gasteiger partial charge in [0, 0.05) is 0 Å². The Kier molecular flexibility index (Phi) is 4.80. The maximum Gasteiger partial charge on any atom is 0.294 e. The van der Waals surface area contributed by atoms with Crippen LogP contribution in [0.15, 0.2) is 28.0 Å². The van der Waals surface area contributed by atoms with Gasteiger partial charge in [0.1, 0.15) is 0 Å². The minimum Gasteiger partial charge on any atom is -0.282 e. The number of benzene rings is 2. The highest BCUT2D eigenvalue weighted by molar-refractivity contribution is 7.86. The molecule has 6 nitrogen and oxygen atoms in total. The van der Waals surface area contributed by atoms with Gasteiger partial charge in [0.05, 0.1) is 9.79 Å². The molecule has 1 unspecified atom stereocenters. The molecular formula is C16H20O6S2. The topological polar surface area (TPSA) is 109 Å². The Bertz CT molecular complexity index is 1020. The summed E-state index contributed by atoms with van der Waals surface area (Å²) in [5.41, 5.74) is 1.81. The van der Waals surface area contributed by atoms with E-state index in [1.165, 1.54) is 18.2 Å². The van der Waals surface area contributed by atoms with Gasteiger partial charge in [-0.2, -0.15) is 16.8 Å². The maximum absolute atomic E-state index is 11.7. The van der Waals surface area contributed by atoms with Gasteiger partial charge in [-0.1, -0.05) is 13.8 Å². The third kappa shape index (κ3) is 3.32. The van der Waals surface area contributed by atoms with Crippen molar-refractivity contribution in [1.29, 1.82) is 0 Å². The van der Waals surface area contributed by atoms with Crippen LogP contribution in [0.3, 0.4) is 0 Å². The summed E-state index contributed by atoms with van der Waals surface area (Å²) < 4.78 is 65.1. The van der Waals surface area contributed by atoms with Gasteiger partial charge < -0.3 is 0 Å². The van der Waals surface area contributed by atoms with Crippen LogP contribution in [-0.2, 0) is 20.2 Å². The Morgan fingerprint density at radius 1 is 1.00 bits per heavy atom. The first kappa shape index (κ1) is 18.9. The van der Waals surface area contributed by atoms with Crippen molar-refractivity contribution in [3.8, 4) is 0 Å². The molecule has 0 bridgehead atoms. The van der Waals surface area contributed by atoms with Crippen molar-refractivity contribution in [3.63, 3.8) is 0 Å². The van der Waals surface area contributed by atoms with Crippen LogP contribution in [0.5, 0.6) is 0 Å². The molecule has 0 saturated carbocycles. The van der Waals surface area contributed by atoms with Crippen LogP contribution >= 0.6 is 0 Å². The molecule has 24 heavy (non-hydrogen) atoms. The van der Waals surface area contributed by atoms with Crippen molar-refractivity contribution >= 4 is 31.0 Å². The van der Waals surface area contributed by atoms with Gasteiger partial charge >= 0.3 is 0 Å². The summed E-state index contributed by atoms with van der Waals surface area (Å²) in [7, 11) is -8.89. The number of aryl methyl sites for hydroxylation is 1.